The van der Waals surface area contributed by atoms with Gasteiger partial charge >= 0.3 is 7.60 Å². The van der Waals surface area contributed by atoms with E-state index in [1.165, 1.54) is 64.2 Å². The normalized spacial score (nSPS) is 18.6. The van der Waals surface area contributed by atoms with Crippen molar-refractivity contribution >= 4 is 7.60 Å². The van der Waals surface area contributed by atoms with E-state index in [0.29, 0.717) is 19.4 Å². The monoisotopic (exact) mass is 360 g/mol. The van der Waals surface area contributed by atoms with E-state index in [4.69, 9.17) is 9.05 Å². The van der Waals surface area contributed by atoms with Gasteiger partial charge in [-0.1, -0.05) is 84.5 Å². The topological polar surface area (TPSA) is 35.5 Å². The largest absolute Gasteiger partial charge is 0.330 e. The zero-order valence-corrected chi connectivity index (χ0v) is 17.2. The van der Waals surface area contributed by atoms with Crippen molar-refractivity contribution in [1.29, 1.82) is 0 Å². The highest BCUT2D eigenvalue weighted by Gasteiger charge is 2.24. The Hall–Kier alpha value is 0.150. The van der Waals surface area contributed by atoms with Crippen LogP contribution in [-0.2, 0) is 13.6 Å². The van der Waals surface area contributed by atoms with E-state index in [1.54, 1.807) is 0 Å². The van der Waals surface area contributed by atoms with Gasteiger partial charge in [0.2, 0.25) is 0 Å². The van der Waals surface area contributed by atoms with E-state index in [-0.39, 0.29) is 0 Å². The Kier molecular flexibility index (Phi) is 13.3. The molecule has 1 atom stereocenters. The van der Waals surface area contributed by atoms with Gasteiger partial charge < -0.3 is 9.05 Å². The molecule has 0 spiro atoms. The molecule has 0 N–H and O–H groups in total. The number of hydrogen-bond acceptors (Lipinski definition) is 3. The van der Waals surface area contributed by atoms with Crippen molar-refractivity contribution in [2.75, 3.05) is 19.4 Å². The fourth-order valence-electron chi connectivity index (χ4n) is 3.44. The molecule has 0 heterocycles. The summed E-state index contributed by atoms with van der Waals surface area (Å²) in [5, 5.41) is 0. The molecule has 0 amide bonds. The Morgan fingerprint density at radius 3 is 2.12 bits per heavy atom. The maximum Gasteiger partial charge on any atom is 0.330 e. The molecular formula is C20H41O3P. The fourth-order valence-corrected chi connectivity index (χ4v) is 5.27. The van der Waals surface area contributed by atoms with Gasteiger partial charge in [0.25, 0.3) is 0 Å². The first-order valence-electron chi connectivity index (χ1n) is 10.6. The molecule has 0 aromatic carbocycles. The number of hydrogen-bond donors (Lipinski definition) is 0. The summed E-state index contributed by atoms with van der Waals surface area (Å²) in [6.07, 6.45) is 17.7. The average Bonchev–Trinajstić information content (AvgIpc) is 2.60. The molecule has 144 valence electrons. The third kappa shape index (κ3) is 10.9. The van der Waals surface area contributed by atoms with E-state index in [2.05, 4.69) is 13.8 Å². The predicted molar refractivity (Wildman–Crippen MR) is 104 cm³/mol. The van der Waals surface area contributed by atoms with Crippen LogP contribution in [0.25, 0.3) is 0 Å². The summed E-state index contributed by atoms with van der Waals surface area (Å²) in [6, 6.07) is 0. The molecule has 1 aliphatic rings. The minimum Gasteiger partial charge on any atom is -0.309 e. The van der Waals surface area contributed by atoms with Gasteiger partial charge in [-0.3, -0.25) is 4.57 Å². The molecule has 0 aromatic heterocycles. The van der Waals surface area contributed by atoms with Crippen LogP contribution in [0.1, 0.15) is 104 Å². The summed E-state index contributed by atoms with van der Waals surface area (Å²) in [7, 11) is -2.86. The third-order valence-corrected chi connectivity index (χ3v) is 7.13. The highest BCUT2D eigenvalue weighted by molar-refractivity contribution is 7.53. The highest BCUT2D eigenvalue weighted by atomic mass is 31.2. The van der Waals surface area contributed by atoms with Gasteiger partial charge in [-0.25, -0.2) is 0 Å². The predicted octanol–water partition coefficient (Wildman–Crippen LogP) is 7.34. The summed E-state index contributed by atoms with van der Waals surface area (Å²) in [5.41, 5.74) is 0. The SMILES string of the molecule is CCCCCCCCOP(=O)(CCCC)OCCC1CCCCC1. The third-order valence-electron chi connectivity index (χ3n) is 5.11. The summed E-state index contributed by atoms with van der Waals surface area (Å²) < 4.78 is 24.5. The van der Waals surface area contributed by atoms with E-state index in [1.807, 2.05) is 0 Å². The molecule has 0 saturated heterocycles. The molecule has 24 heavy (non-hydrogen) atoms. The number of rotatable bonds is 15. The standard InChI is InChI=1S/C20H41O3P/c1-3-5-7-8-9-13-17-22-24(21,19-6-4-2)23-18-16-20-14-11-10-12-15-20/h20H,3-19H2,1-2H3. The lowest BCUT2D eigenvalue weighted by Crippen LogP contribution is -2.10. The molecule has 0 radical (unpaired) electrons. The first kappa shape index (κ1) is 22.2. The van der Waals surface area contributed by atoms with E-state index < -0.39 is 7.60 Å². The van der Waals surface area contributed by atoms with Gasteiger partial charge in [-0.05, 0) is 25.2 Å². The van der Waals surface area contributed by atoms with Gasteiger partial charge in [0.05, 0.1) is 19.4 Å². The van der Waals surface area contributed by atoms with Crippen molar-refractivity contribution < 1.29 is 13.6 Å². The summed E-state index contributed by atoms with van der Waals surface area (Å²) >= 11 is 0. The fraction of sp³-hybridized carbons (Fsp3) is 1.00. The second-order valence-corrected chi connectivity index (χ2v) is 9.60. The van der Waals surface area contributed by atoms with Gasteiger partial charge in [0, 0.05) is 0 Å². The van der Waals surface area contributed by atoms with E-state index >= 15 is 0 Å². The molecule has 3 nitrogen and oxygen atoms in total. The Labute approximate surface area is 150 Å². The second-order valence-electron chi connectivity index (χ2n) is 7.41. The lowest BCUT2D eigenvalue weighted by atomic mass is 9.87. The van der Waals surface area contributed by atoms with Crippen LogP contribution >= 0.6 is 7.60 Å². The lowest BCUT2D eigenvalue weighted by molar-refractivity contribution is 0.182. The van der Waals surface area contributed by atoms with E-state index in [9.17, 15) is 4.57 Å². The molecule has 0 bridgehead atoms. The summed E-state index contributed by atoms with van der Waals surface area (Å²) in [6.45, 7) is 5.57. The molecule has 1 aliphatic carbocycles. The van der Waals surface area contributed by atoms with Crippen molar-refractivity contribution in [3.05, 3.63) is 0 Å². The van der Waals surface area contributed by atoms with Crippen LogP contribution in [0.2, 0.25) is 0 Å². The van der Waals surface area contributed by atoms with Gasteiger partial charge in [0.15, 0.2) is 0 Å². The van der Waals surface area contributed by atoms with Crippen molar-refractivity contribution in [3.63, 3.8) is 0 Å². The molecule has 0 aliphatic heterocycles. The Morgan fingerprint density at radius 2 is 1.42 bits per heavy atom. The summed E-state index contributed by atoms with van der Waals surface area (Å²) in [5.74, 6) is 0.775. The smallest absolute Gasteiger partial charge is 0.309 e. The van der Waals surface area contributed by atoms with Crippen LogP contribution in [0.4, 0.5) is 0 Å². The molecule has 1 saturated carbocycles. The van der Waals surface area contributed by atoms with Gasteiger partial charge in [-0.2, -0.15) is 0 Å². The van der Waals surface area contributed by atoms with E-state index in [0.717, 1.165) is 31.6 Å². The van der Waals surface area contributed by atoms with Gasteiger partial charge in [-0.15, -0.1) is 0 Å². The van der Waals surface area contributed by atoms with Crippen molar-refractivity contribution in [2.45, 2.75) is 104 Å². The minimum absolute atomic E-state index is 0.587. The van der Waals surface area contributed by atoms with Crippen molar-refractivity contribution in [3.8, 4) is 0 Å². The minimum atomic E-state index is -2.86. The quantitative estimate of drug-likeness (QED) is 0.226. The zero-order valence-electron chi connectivity index (χ0n) is 16.3. The molecule has 1 fully saturated rings. The molecule has 0 aromatic rings. The molecule has 1 rings (SSSR count). The van der Waals surface area contributed by atoms with Crippen LogP contribution < -0.4 is 0 Å². The van der Waals surface area contributed by atoms with Crippen molar-refractivity contribution in [2.24, 2.45) is 5.92 Å². The van der Waals surface area contributed by atoms with Crippen LogP contribution in [0.15, 0.2) is 0 Å². The second kappa shape index (κ2) is 14.3. The Balaban J connectivity index is 2.20. The van der Waals surface area contributed by atoms with Crippen LogP contribution in [0, 0.1) is 5.92 Å². The van der Waals surface area contributed by atoms with Crippen molar-refractivity contribution in [1.82, 2.24) is 0 Å². The average molecular weight is 361 g/mol. The molecule has 1 unspecified atom stereocenters. The van der Waals surface area contributed by atoms with Crippen LogP contribution in [-0.4, -0.2) is 19.4 Å². The van der Waals surface area contributed by atoms with Crippen LogP contribution in [0.3, 0.4) is 0 Å². The molecular weight excluding hydrogens is 319 g/mol. The first-order chi connectivity index (χ1) is 11.7. The number of unbranched alkanes of at least 4 members (excludes halogenated alkanes) is 6. The van der Waals surface area contributed by atoms with Crippen LogP contribution in [0.5, 0.6) is 0 Å². The maximum atomic E-state index is 12.9. The zero-order chi connectivity index (χ0) is 17.5. The lowest BCUT2D eigenvalue weighted by Gasteiger charge is -2.23. The molecule has 4 heteroatoms. The highest BCUT2D eigenvalue weighted by Crippen LogP contribution is 2.49. The summed E-state index contributed by atoms with van der Waals surface area (Å²) in [4.78, 5) is 0. The Bertz CT molecular complexity index is 327. The van der Waals surface area contributed by atoms with Gasteiger partial charge in [0.1, 0.15) is 0 Å². The maximum absolute atomic E-state index is 12.9. The first-order valence-corrected chi connectivity index (χ1v) is 12.3. The Morgan fingerprint density at radius 1 is 0.792 bits per heavy atom.